The maximum absolute atomic E-state index is 10.3. The third-order valence-electron chi connectivity index (χ3n) is 1.25. The van der Waals surface area contributed by atoms with Crippen molar-refractivity contribution in [3.05, 3.63) is 21.1 Å². The lowest BCUT2D eigenvalue weighted by molar-refractivity contribution is -0.381. The van der Waals surface area contributed by atoms with Crippen LogP contribution in [-0.4, -0.2) is 18.3 Å². The summed E-state index contributed by atoms with van der Waals surface area (Å²) in [4.78, 5) is 20.1. The van der Waals surface area contributed by atoms with Gasteiger partial charge in [0.15, 0.2) is 6.29 Å². The first-order valence-electron chi connectivity index (χ1n) is 2.95. The van der Waals surface area contributed by atoms with E-state index in [0.717, 1.165) is 11.3 Å². The molecule has 0 atom stereocenters. The van der Waals surface area contributed by atoms with Crippen molar-refractivity contribution >= 4 is 22.6 Å². The second-order valence-corrected chi connectivity index (χ2v) is 2.76. The molecule has 6 heteroatoms. The highest BCUT2D eigenvalue weighted by Crippen LogP contribution is 2.36. The molecule has 0 spiro atoms. The number of ether oxygens (including phenoxy) is 1. The molecule has 0 N–H and O–H groups in total. The van der Waals surface area contributed by atoms with Crippen molar-refractivity contribution < 1.29 is 14.5 Å². The number of nitrogens with zero attached hydrogens (tertiary/aromatic N) is 1. The molecule has 1 aromatic heterocycles. The fraction of sp³-hybridized carbons (Fsp3) is 0.167. The van der Waals surface area contributed by atoms with Crippen molar-refractivity contribution in [2.75, 3.05) is 7.11 Å². The first-order valence-corrected chi connectivity index (χ1v) is 3.83. The number of rotatable bonds is 3. The summed E-state index contributed by atoms with van der Waals surface area (Å²) < 4.78 is 4.71. The SMILES string of the molecule is COc1c(C=O)csc1[N+](=O)[O-]. The molecule has 0 radical (unpaired) electrons. The molecule has 0 saturated carbocycles. The van der Waals surface area contributed by atoms with Crippen LogP contribution >= 0.6 is 11.3 Å². The Kier molecular flexibility index (Phi) is 2.39. The molecule has 12 heavy (non-hydrogen) atoms. The highest BCUT2D eigenvalue weighted by molar-refractivity contribution is 7.14. The Labute approximate surface area is 71.7 Å². The summed E-state index contributed by atoms with van der Waals surface area (Å²) in [5.41, 5.74) is 0.217. The van der Waals surface area contributed by atoms with Crippen LogP contribution in [0.3, 0.4) is 0 Å². The van der Waals surface area contributed by atoms with Gasteiger partial charge in [0.05, 0.1) is 17.6 Å². The number of methoxy groups -OCH3 is 1. The standard InChI is InChI=1S/C6H5NO4S/c1-11-5-4(2-8)3-12-6(5)7(9)10/h2-3H,1H3. The number of nitro groups is 1. The predicted octanol–water partition coefficient (Wildman–Crippen LogP) is 1.48. The van der Waals surface area contributed by atoms with E-state index in [9.17, 15) is 14.9 Å². The Morgan fingerprint density at radius 3 is 2.83 bits per heavy atom. The van der Waals surface area contributed by atoms with Crippen LogP contribution in [0.15, 0.2) is 5.38 Å². The Bertz CT molecular complexity index is 319. The molecule has 0 fully saturated rings. The maximum atomic E-state index is 10.3. The fourth-order valence-electron chi connectivity index (χ4n) is 0.762. The summed E-state index contributed by atoms with van der Waals surface area (Å²) >= 11 is 0.878. The van der Waals surface area contributed by atoms with Gasteiger partial charge in [-0.05, 0) is 0 Å². The quantitative estimate of drug-likeness (QED) is 0.408. The molecule has 1 aromatic rings. The highest BCUT2D eigenvalue weighted by Gasteiger charge is 2.21. The van der Waals surface area contributed by atoms with E-state index in [1.165, 1.54) is 12.5 Å². The van der Waals surface area contributed by atoms with Gasteiger partial charge in [-0.2, -0.15) is 0 Å². The molecule has 5 nitrogen and oxygen atoms in total. The van der Waals surface area contributed by atoms with Crippen LogP contribution in [0.2, 0.25) is 0 Å². The highest BCUT2D eigenvalue weighted by atomic mass is 32.1. The van der Waals surface area contributed by atoms with Crippen LogP contribution in [0.1, 0.15) is 10.4 Å². The average Bonchev–Trinajstić information content (AvgIpc) is 2.46. The van der Waals surface area contributed by atoms with Gasteiger partial charge in [-0.25, -0.2) is 0 Å². The molecule has 1 heterocycles. The van der Waals surface area contributed by atoms with Gasteiger partial charge in [-0.1, -0.05) is 11.3 Å². The molecule has 0 amide bonds. The minimum atomic E-state index is -0.573. The zero-order chi connectivity index (χ0) is 9.14. The minimum Gasteiger partial charge on any atom is -0.489 e. The summed E-state index contributed by atoms with van der Waals surface area (Å²) in [5.74, 6) is 0.0417. The summed E-state index contributed by atoms with van der Waals surface area (Å²) in [6.45, 7) is 0. The second kappa shape index (κ2) is 3.31. The van der Waals surface area contributed by atoms with Gasteiger partial charge in [-0.15, -0.1) is 0 Å². The minimum absolute atomic E-state index is 0.0417. The van der Waals surface area contributed by atoms with E-state index in [-0.39, 0.29) is 16.3 Å². The van der Waals surface area contributed by atoms with Gasteiger partial charge in [0, 0.05) is 5.38 Å². The molecule has 0 aliphatic rings. The molecule has 0 aliphatic carbocycles. The van der Waals surface area contributed by atoms with Gasteiger partial charge in [0.25, 0.3) is 0 Å². The Morgan fingerprint density at radius 1 is 1.75 bits per heavy atom. The average molecular weight is 187 g/mol. The number of thiophene rings is 1. The van der Waals surface area contributed by atoms with Crippen molar-refractivity contribution in [3.8, 4) is 5.75 Å². The number of carbonyl (C=O) groups is 1. The molecular formula is C6H5NO4S. The van der Waals surface area contributed by atoms with Gasteiger partial charge < -0.3 is 4.74 Å². The Hall–Kier alpha value is -1.43. The van der Waals surface area contributed by atoms with Crippen LogP contribution in [0.5, 0.6) is 5.75 Å². The van der Waals surface area contributed by atoms with E-state index in [4.69, 9.17) is 4.74 Å². The first kappa shape index (κ1) is 8.66. The van der Waals surface area contributed by atoms with Crippen molar-refractivity contribution in [2.45, 2.75) is 0 Å². The van der Waals surface area contributed by atoms with Crippen LogP contribution in [0.25, 0.3) is 0 Å². The maximum Gasteiger partial charge on any atom is 0.366 e. The lowest BCUT2D eigenvalue weighted by Gasteiger charge is -1.94. The third kappa shape index (κ3) is 1.28. The van der Waals surface area contributed by atoms with E-state index in [0.29, 0.717) is 6.29 Å². The monoisotopic (exact) mass is 187 g/mol. The van der Waals surface area contributed by atoms with Crippen molar-refractivity contribution in [2.24, 2.45) is 0 Å². The number of hydrogen-bond donors (Lipinski definition) is 0. The van der Waals surface area contributed by atoms with Crippen molar-refractivity contribution in [1.29, 1.82) is 0 Å². The topological polar surface area (TPSA) is 69.4 Å². The van der Waals surface area contributed by atoms with E-state index in [1.54, 1.807) is 0 Å². The van der Waals surface area contributed by atoms with Gasteiger partial charge in [0.2, 0.25) is 5.75 Å². The first-order chi connectivity index (χ1) is 5.70. The molecule has 0 saturated heterocycles. The van der Waals surface area contributed by atoms with E-state index in [1.807, 2.05) is 0 Å². The summed E-state index contributed by atoms with van der Waals surface area (Å²) in [7, 11) is 1.29. The molecule has 0 unspecified atom stereocenters. The predicted molar refractivity (Wildman–Crippen MR) is 42.9 cm³/mol. The number of hydrogen-bond acceptors (Lipinski definition) is 5. The van der Waals surface area contributed by atoms with E-state index < -0.39 is 4.92 Å². The Morgan fingerprint density at radius 2 is 2.42 bits per heavy atom. The largest absolute Gasteiger partial charge is 0.489 e. The second-order valence-electron chi connectivity index (χ2n) is 1.90. The van der Waals surface area contributed by atoms with Gasteiger partial charge in [-0.3, -0.25) is 14.9 Å². The smallest absolute Gasteiger partial charge is 0.366 e. The van der Waals surface area contributed by atoms with Gasteiger partial charge >= 0.3 is 5.00 Å². The molecular weight excluding hydrogens is 182 g/mol. The van der Waals surface area contributed by atoms with Crippen molar-refractivity contribution in [1.82, 2.24) is 0 Å². The zero-order valence-electron chi connectivity index (χ0n) is 6.14. The van der Waals surface area contributed by atoms with Crippen LogP contribution in [0, 0.1) is 10.1 Å². The lowest BCUT2D eigenvalue weighted by atomic mass is 10.3. The third-order valence-corrected chi connectivity index (χ3v) is 2.18. The van der Waals surface area contributed by atoms with Crippen LogP contribution in [0.4, 0.5) is 5.00 Å². The molecule has 0 aliphatic heterocycles. The van der Waals surface area contributed by atoms with Crippen LogP contribution < -0.4 is 4.74 Å². The fourth-order valence-corrected chi connectivity index (χ4v) is 1.56. The van der Waals surface area contributed by atoms with E-state index in [2.05, 4.69) is 0 Å². The molecule has 0 aromatic carbocycles. The zero-order valence-corrected chi connectivity index (χ0v) is 6.96. The number of carbonyl (C=O) groups excluding carboxylic acids is 1. The summed E-state index contributed by atoms with van der Waals surface area (Å²) in [5, 5.41) is 11.6. The van der Waals surface area contributed by atoms with Gasteiger partial charge in [0.1, 0.15) is 0 Å². The normalized spacial score (nSPS) is 9.42. The summed E-state index contributed by atoms with van der Waals surface area (Å²) in [6.07, 6.45) is 0.530. The lowest BCUT2D eigenvalue weighted by Crippen LogP contribution is -1.91. The van der Waals surface area contributed by atoms with Crippen molar-refractivity contribution in [3.63, 3.8) is 0 Å². The Balaban J connectivity index is 3.22. The van der Waals surface area contributed by atoms with E-state index >= 15 is 0 Å². The molecule has 0 bridgehead atoms. The summed E-state index contributed by atoms with van der Waals surface area (Å²) in [6, 6.07) is 0. The number of aldehydes is 1. The molecule has 1 rings (SSSR count). The van der Waals surface area contributed by atoms with Crippen LogP contribution in [-0.2, 0) is 0 Å². The molecule has 64 valence electrons.